The zero-order chi connectivity index (χ0) is 14.4. The Bertz CT molecular complexity index is 803. The lowest BCUT2D eigenvalue weighted by Crippen LogP contribution is -2.35. The highest BCUT2D eigenvalue weighted by molar-refractivity contribution is 7.13. The number of fused-ring (bicyclic) bond motifs is 2. The highest BCUT2D eigenvalue weighted by Gasteiger charge is 2.25. The van der Waals surface area contributed by atoms with Crippen LogP contribution in [0.3, 0.4) is 0 Å². The van der Waals surface area contributed by atoms with E-state index in [0.717, 1.165) is 21.5 Å². The molecule has 4 rings (SSSR count). The van der Waals surface area contributed by atoms with Crippen LogP contribution in [-0.4, -0.2) is 32.4 Å². The van der Waals surface area contributed by atoms with E-state index < -0.39 is 0 Å². The van der Waals surface area contributed by atoms with Crippen molar-refractivity contribution < 1.29 is 9.90 Å². The zero-order valence-electron chi connectivity index (χ0n) is 11.2. The molecule has 1 aliphatic rings. The third-order valence-electron chi connectivity index (χ3n) is 3.77. The molecule has 0 spiro atoms. The molecule has 0 bridgehead atoms. The Labute approximate surface area is 124 Å². The molecule has 1 aromatic carbocycles. The van der Waals surface area contributed by atoms with Gasteiger partial charge in [0, 0.05) is 23.9 Å². The van der Waals surface area contributed by atoms with Crippen molar-refractivity contribution in [1.29, 1.82) is 0 Å². The largest absolute Gasteiger partial charge is 0.486 e. The number of amides is 1. The van der Waals surface area contributed by atoms with Crippen LogP contribution in [-0.2, 0) is 13.0 Å². The van der Waals surface area contributed by atoms with E-state index in [-0.39, 0.29) is 11.1 Å². The highest BCUT2D eigenvalue weighted by Crippen LogP contribution is 2.29. The molecule has 106 valence electrons. The topological polar surface area (TPSA) is 69.2 Å². The summed E-state index contributed by atoms with van der Waals surface area (Å²) in [6, 6.07) is 9.73. The van der Waals surface area contributed by atoms with Crippen molar-refractivity contribution in [1.82, 2.24) is 14.9 Å². The normalized spacial score (nSPS) is 14.4. The maximum atomic E-state index is 12.6. The van der Waals surface area contributed by atoms with E-state index in [2.05, 4.69) is 9.97 Å². The Morgan fingerprint density at radius 3 is 3.10 bits per heavy atom. The lowest BCUT2D eigenvalue weighted by Gasteiger charge is -2.25. The van der Waals surface area contributed by atoms with Crippen molar-refractivity contribution >= 4 is 28.1 Å². The van der Waals surface area contributed by atoms with Gasteiger partial charge in [-0.25, -0.2) is 4.98 Å². The number of thiazole rings is 1. The van der Waals surface area contributed by atoms with Gasteiger partial charge >= 0.3 is 0 Å². The number of benzene rings is 1. The SMILES string of the molecule is O=C(c1cc2ccccc2[nH]1)N1CCc2nc(O)sc2C1. The van der Waals surface area contributed by atoms with E-state index in [4.69, 9.17) is 0 Å². The number of carbonyl (C=O) groups excluding carboxylic acids is 1. The van der Waals surface area contributed by atoms with Crippen molar-refractivity contribution in [3.05, 3.63) is 46.6 Å². The van der Waals surface area contributed by atoms with Crippen LogP contribution < -0.4 is 0 Å². The van der Waals surface area contributed by atoms with Gasteiger partial charge < -0.3 is 15.0 Å². The van der Waals surface area contributed by atoms with E-state index in [9.17, 15) is 9.90 Å². The van der Waals surface area contributed by atoms with Gasteiger partial charge in [0.15, 0.2) is 0 Å². The number of hydrogen-bond acceptors (Lipinski definition) is 4. The number of hydrogen-bond donors (Lipinski definition) is 2. The predicted octanol–water partition coefficient (Wildman–Crippen LogP) is 2.53. The number of nitrogens with zero attached hydrogens (tertiary/aromatic N) is 2. The van der Waals surface area contributed by atoms with Gasteiger partial charge in [0.2, 0.25) is 0 Å². The second-order valence-electron chi connectivity index (χ2n) is 5.11. The summed E-state index contributed by atoms with van der Waals surface area (Å²) >= 11 is 1.25. The highest BCUT2D eigenvalue weighted by atomic mass is 32.1. The molecule has 5 nitrogen and oxygen atoms in total. The Morgan fingerprint density at radius 2 is 2.24 bits per heavy atom. The summed E-state index contributed by atoms with van der Waals surface area (Å²) in [4.78, 5) is 22.6. The zero-order valence-corrected chi connectivity index (χ0v) is 12.0. The van der Waals surface area contributed by atoms with E-state index in [0.29, 0.717) is 25.2 Å². The minimum absolute atomic E-state index is 0.00950. The number of aromatic nitrogens is 2. The predicted molar refractivity (Wildman–Crippen MR) is 80.5 cm³/mol. The molecule has 0 atom stereocenters. The molecular formula is C15H13N3O2S. The van der Waals surface area contributed by atoms with Crippen LogP contribution in [0.15, 0.2) is 30.3 Å². The fourth-order valence-electron chi connectivity index (χ4n) is 2.71. The number of nitrogens with one attached hydrogen (secondary N) is 1. The van der Waals surface area contributed by atoms with Crippen LogP contribution in [0.4, 0.5) is 0 Å². The lowest BCUT2D eigenvalue weighted by molar-refractivity contribution is 0.0731. The number of para-hydroxylation sites is 1. The van der Waals surface area contributed by atoms with Crippen molar-refractivity contribution in [3.8, 4) is 5.19 Å². The smallest absolute Gasteiger partial charge is 0.271 e. The molecule has 0 saturated heterocycles. The quantitative estimate of drug-likeness (QED) is 0.725. The molecule has 0 radical (unpaired) electrons. The Hall–Kier alpha value is -2.34. The molecule has 0 saturated carbocycles. The van der Waals surface area contributed by atoms with E-state index >= 15 is 0 Å². The number of H-pyrrole nitrogens is 1. The molecule has 1 amide bonds. The first kappa shape index (κ1) is 12.4. The maximum Gasteiger partial charge on any atom is 0.271 e. The molecule has 2 N–H and O–H groups in total. The van der Waals surface area contributed by atoms with Crippen molar-refractivity contribution in [2.45, 2.75) is 13.0 Å². The lowest BCUT2D eigenvalue weighted by atomic mass is 10.1. The molecule has 21 heavy (non-hydrogen) atoms. The van der Waals surface area contributed by atoms with Gasteiger partial charge in [-0.1, -0.05) is 29.5 Å². The van der Waals surface area contributed by atoms with Crippen molar-refractivity contribution in [2.24, 2.45) is 0 Å². The molecule has 3 heterocycles. The number of carbonyl (C=O) groups is 1. The van der Waals surface area contributed by atoms with Crippen molar-refractivity contribution in [3.63, 3.8) is 0 Å². The minimum Gasteiger partial charge on any atom is -0.486 e. The van der Waals surface area contributed by atoms with Crippen LogP contribution in [0, 0.1) is 0 Å². The van der Waals surface area contributed by atoms with Gasteiger partial charge in [-0.15, -0.1) is 0 Å². The van der Waals surface area contributed by atoms with Crippen LogP contribution in [0.5, 0.6) is 5.19 Å². The van der Waals surface area contributed by atoms with Gasteiger partial charge in [-0.3, -0.25) is 4.79 Å². The molecule has 3 aromatic rings. The van der Waals surface area contributed by atoms with Gasteiger partial charge in [0.25, 0.3) is 11.1 Å². The third kappa shape index (κ3) is 2.08. The summed E-state index contributed by atoms with van der Waals surface area (Å²) in [6.45, 7) is 1.14. The summed E-state index contributed by atoms with van der Waals surface area (Å²) in [6.07, 6.45) is 0.693. The fourth-order valence-corrected chi connectivity index (χ4v) is 3.58. The minimum atomic E-state index is -0.00950. The van der Waals surface area contributed by atoms with Crippen molar-refractivity contribution in [2.75, 3.05) is 6.54 Å². The number of aromatic amines is 1. The molecule has 0 fully saturated rings. The second kappa shape index (κ2) is 4.60. The van der Waals surface area contributed by atoms with Crippen LogP contribution in [0.25, 0.3) is 10.9 Å². The first-order valence-electron chi connectivity index (χ1n) is 6.75. The molecule has 0 unspecified atom stereocenters. The van der Waals surface area contributed by atoms with Crippen LogP contribution >= 0.6 is 11.3 Å². The monoisotopic (exact) mass is 299 g/mol. The Morgan fingerprint density at radius 1 is 1.38 bits per heavy atom. The summed E-state index contributed by atoms with van der Waals surface area (Å²) in [5.74, 6) is -0.00950. The van der Waals surface area contributed by atoms with Gasteiger partial charge in [-0.2, -0.15) is 0 Å². The van der Waals surface area contributed by atoms with E-state index in [1.54, 1.807) is 4.90 Å². The molecule has 0 aliphatic carbocycles. The summed E-state index contributed by atoms with van der Waals surface area (Å²) in [7, 11) is 0. The molecule has 2 aromatic heterocycles. The molecule has 6 heteroatoms. The van der Waals surface area contributed by atoms with E-state index in [1.165, 1.54) is 11.3 Å². The number of rotatable bonds is 1. The van der Waals surface area contributed by atoms with Gasteiger partial charge in [0.05, 0.1) is 17.1 Å². The first-order chi connectivity index (χ1) is 10.2. The average molecular weight is 299 g/mol. The molecular weight excluding hydrogens is 286 g/mol. The van der Waals surface area contributed by atoms with Gasteiger partial charge in [-0.05, 0) is 12.1 Å². The van der Waals surface area contributed by atoms with Gasteiger partial charge in [0.1, 0.15) is 5.69 Å². The molecule has 1 aliphatic heterocycles. The third-order valence-corrected chi connectivity index (χ3v) is 4.65. The maximum absolute atomic E-state index is 12.6. The summed E-state index contributed by atoms with van der Waals surface area (Å²) in [5.41, 5.74) is 2.49. The average Bonchev–Trinajstić information content (AvgIpc) is 3.07. The Balaban J connectivity index is 1.63. The number of aromatic hydroxyl groups is 1. The summed E-state index contributed by atoms with van der Waals surface area (Å²) in [5, 5.41) is 10.6. The Kier molecular flexibility index (Phi) is 2.71. The second-order valence-corrected chi connectivity index (χ2v) is 6.18. The summed E-state index contributed by atoms with van der Waals surface area (Å²) < 4.78 is 0. The van der Waals surface area contributed by atoms with Crippen LogP contribution in [0.2, 0.25) is 0 Å². The first-order valence-corrected chi connectivity index (χ1v) is 7.57. The fraction of sp³-hybridized carbons (Fsp3) is 0.200. The van der Waals surface area contributed by atoms with E-state index in [1.807, 2.05) is 30.3 Å². The van der Waals surface area contributed by atoms with Crippen LogP contribution in [0.1, 0.15) is 21.1 Å². The standard InChI is InChI=1S/C15H13N3O2S/c19-14(12-7-9-3-1-2-4-10(9)16-12)18-6-5-11-13(8-18)21-15(20)17-11/h1-4,7,16H,5-6,8H2,(H,17,20).